The Balaban J connectivity index is 1.86. The molecule has 288 valence electrons. The van der Waals surface area contributed by atoms with E-state index >= 15 is 0 Å². The van der Waals surface area contributed by atoms with E-state index in [2.05, 4.69) is 21.9 Å². The molecule has 13 nitrogen and oxygen atoms in total. The monoisotopic (exact) mass is 729 g/mol. The summed E-state index contributed by atoms with van der Waals surface area (Å²) in [7, 11) is 0. The Morgan fingerprint density at radius 1 is 1.02 bits per heavy atom. The molecule has 1 aromatic heterocycles. The van der Waals surface area contributed by atoms with Gasteiger partial charge in [-0.3, -0.25) is 4.79 Å². The highest BCUT2D eigenvalue weighted by Gasteiger charge is 2.50. The van der Waals surface area contributed by atoms with E-state index in [0.29, 0.717) is 25.1 Å². The summed E-state index contributed by atoms with van der Waals surface area (Å²) in [5.41, 5.74) is -3.16. The second-order valence-corrected chi connectivity index (χ2v) is 15.8. The predicted octanol–water partition coefficient (Wildman–Crippen LogP) is 2.56. The average Bonchev–Trinajstić information content (AvgIpc) is 3.59. The van der Waals surface area contributed by atoms with E-state index in [9.17, 15) is 30.3 Å². The van der Waals surface area contributed by atoms with Gasteiger partial charge in [0.25, 0.3) is 0 Å². The number of esters is 1. The summed E-state index contributed by atoms with van der Waals surface area (Å²) >= 11 is 1.71. The van der Waals surface area contributed by atoms with Crippen molar-refractivity contribution in [1.82, 2.24) is 10.6 Å². The fourth-order valence-electron chi connectivity index (χ4n) is 7.16. The second kappa shape index (κ2) is 19.4. The Bertz CT molecular complexity index is 1180. The van der Waals surface area contributed by atoms with Crippen LogP contribution < -0.4 is 10.6 Å². The first-order valence-corrected chi connectivity index (χ1v) is 19.0. The molecule has 2 fully saturated rings. The molecule has 14 heteroatoms. The van der Waals surface area contributed by atoms with E-state index < -0.39 is 77.7 Å². The third-order valence-electron chi connectivity index (χ3n) is 10.3. The second-order valence-electron chi connectivity index (χ2n) is 14.8. The number of carbonyl (C=O) groups excluding carboxylic acids is 1. The first-order valence-electron chi connectivity index (χ1n) is 18.1. The van der Waals surface area contributed by atoms with Crippen LogP contribution in [0, 0.1) is 23.7 Å². The van der Waals surface area contributed by atoms with E-state index in [1.165, 1.54) is 18.7 Å². The normalized spacial score (nSPS) is 40.3. The minimum absolute atomic E-state index is 0.0404. The zero-order chi connectivity index (χ0) is 37.2. The quantitative estimate of drug-likeness (QED) is 0.0947. The number of carbonyl (C=O) groups is 1. The lowest BCUT2D eigenvalue weighted by Crippen LogP contribution is -2.58. The van der Waals surface area contributed by atoms with Gasteiger partial charge in [-0.1, -0.05) is 38.9 Å². The number of thiophene rings is 1. The Hall–Kier alpha value is -1.72. The average molecular weight is 730 g/mol. The standard InChI is InChI=1S/C36H63N3O10S/c1-9-28-36(8,45)31(42)23(4)29(39-46-17-16-37-14-15-38-20-26-11-10-18-50-26)21(2)19-35(7,44)32(24(5)30(41)25(6)33(43)48-28)49-34-27(40)13-12-22(3)47-34/h10-11,18,21-25,27-28,30-32,34,37-38,40-42,44-45H,9,12-17,19-20H2,1-8H3/b39-29+/t21-,22-,23+,24+,25-,27-,28-,30+,31-,32-,34+,35-,36-/m1/s1. The van der Waals surface area contributed by atoms with Gasteiger partial charge in [0.2, 0.25) is 0 Å². The maximum atomic E-state index is 13.4. The van der Waals surface area contributed by atoms with Gasteiger partial charge in [0.15, 0.2) is 6.29 Å². The highest BCUT2D eigenvalue weighted by molar-refractivity contribution is 7.09. The maximum Gasteiger partial charge on any atom is 0.311 e. The minimum atomic E-state index is -1.89. The van der Waals surface area contributed by atoms with E-state index in [0.717, 1.165) is 19.6 Å². The van der Waals surface area contributed by atoms with Crippen molar-refractivity contribution in [3.05, 3.63) is 22.4 Å². The van der Waals surface area contributed by atoms with Gasteiger partial charge < -0.3 is 55.2 Å². The summed E-state index contributed by atoms with van der Waals surface area (Å²) in [6.45, 7) is 16.4. The van der Waals surface area contributed by atoms with Crippen LogP contribution >= 0.6 is 11.3 Å². The van der Waals surface area contributed by atoms with Crippen LogP contribution in [-0.2, 0) is 30.4 Å². The number of aliphatic hydroxyl groups is 5. The molecule has 0 radical (unpaired) electrons. The molecule has 2 aliphatic rings. The summed E-state index contributed by atoms with van der Waals surface area (Å²) in [6, 6.07) is 4.11. The van der Waals surface area contributed by atoms with Crippen LogP contribution in [0.2, 0.25) is 0 Å². The third kappa shape index (κ3) is 11.4. The molecule has 0 unspecified atom stereocenters. The van der Waals surface area contributed by atoms with Gasteiger partial charge in [-0.15, -0.1) is 11.3 Å². The van der Waals surface area contributed by atoms with Crippen molar-refractivity contribution in [2.45, 2.75) is 142 Å². The number of hydrogen-bond donors (Lipinski definition) is 7. The number of hydrogen-bond acceptors (Lipinski definition) is 14. The molecular formula is C36H63N3O10S. The van der Waals surface area contributed by atoms with Crippen LogP contribution in [0.15, 0.2) is 22.7 Å². The molecule has 2 aliphatic heterocycles. The van der Waals surface area contributed by atoms with Crippen LogP contribution in [-0.4, -0.2) is 118 Å². The van der Waals surface area contributed by atoms with E-state index in [1.54, 1.807) is 39.0 Å². The van der Waals surface area contributed by atoms with E-state index in [4.69, 9.17) is 19.0 Å². The molecule has 0 amide bonds. The summed E-state index contributed by atoms with van der Waals surface area (Å²) in [5.74, 6) is -3.98. The van der Waals surface area contributed by atoms with Gasteiger partial charge in [-0.2, -0.15) is 0 Å². The lowest BCUT2D eigenvalue weighted by molar-refractivity contribution is -0.289. The fourth-order valence-corrected chi connectivity index (χ4v) is 7.83. The van der Waals surface area contributed by atoms with Crippen molar-refractivity contribution in [1.29, 1.82) is 0 Å². The lowest BCUT2D eigenvalue weighted by atomic mass is 9.73. The molecule has 2 saturated heterocycles. The number of ether oxygens (including phenoxy) is 3. The van der Waals surface area contributed by atoms with Crippen molar-refractivity contribution in [2.75, 3.05) is 26.2 Å². The SMILES string of the molecule is CC[C@H]1OC(=O)[C@H](C)[C@@H](O)[C@H](C)[C@@H](O[C@@H]2O[C@H](C)CC[C@H]2O)[C@](C)(O)C[C@@H](C)/C(=N\OCCNCCNCc2cccs2)[C@H](C)[C@@H](O)[C@]1(C)O. The topological polar surface area (TPSA) is 192 Å². The van der Waals surface area contributed by atoms with Gasteiger partial charge in [0.1, 0.15) is 24.4 Å². The predicted molar refractivity (Wildman–Crippen MR) is 191 cm³/mol. The molecule has 0 aliphatic carbocycles. The zero-order valence-corrected chi connectivity index (χ0v) is 31.9. The fraction of sp³-hybridized carbons (Fsp3) is 0.833. The highest BCUT2D eigenvalue weighted by Crippen LogP contribution is 2.37. The first kappa shape index (κ1) is 42.7. The Kier molecular flexibility index (Phi) is 16.5. The first-order chi connectivity index (χ1) is 23.5. The summed E-state index contributed by atoms with van der Waals surface area (Å²) < 4.78 is 18.0. The molecule has 0 saturated carbocycles. The van der Waals surface area contributed by atoms with Crippen molar-refractivity contribution in [3.63, 3.8) is 0 Å². The molecule has 13 atom stereocenters. The zero-order valence-electron chi connectivity index (χ0n) is 31.1. The Labute approximate surface area is 301 Å². The third-order valence-corrected chi connectivity index (χ3v) is 11.2. The number of nitrogens with zero attached hydrogens (tertiary/aromatic N) is 1. The Morgan fingerprint density at radius 2 is 1.72 bits per heavy atom. The van der Waals surface area contributed by atoms with Gasteiger partial charge in [-0.05, 0) is 64.8 Å². The minimum Gasteiger partial charge on any atom is -0.459 e. The van der Waals surface area contributed by atoms with Crippen LogP contribution in [0.1, 0.15) is 86.0 Å². The van der Waals surface area contributed by atoms with Crippen molar-refractivity contribution < 1.29 is 49.4 Å². The number of cyclic esters (lactones) is 1. The van der Waals surface area contributed by atoms with Crippen LogP contribution in [0.3, 0.4) is 0 Å². The number of nitrogens with one attached hydrogen (secondary N) is 2. The largest absolute Gasteiger partial charge is 0.459 e. The van der Waals surface area contributed by atoms with Crippen molar-refractivity contribution in [3.8, 4) is 0 Å². The van der Waals surface area contributed by atoms with Gasteiger partial charge in [-0.25, -0.2) is 0 Å². The molecule has 3 rings (SSSR count). The molecule has 0 bridgehead atoms. The smallest absolute Gasteiger partial charge is 0.311 e. The van der Waals surface area contributed by atoms with Gasteiger partial charge in [0, 0.05) is 48.8 Å². The molecular weight excluding hydrogens is 666 g/mol. The number of aliphatic hydroxyl groups excluding tert-OH is 3. The maximum absolute atomic E-state index is 13.4. The molecule has 7 N–H and O–H groups in total. The summed E-state index contributed by atoms with van der Waals surface area (Å²) in [5, 5.41) is 70.9. The van der Waals surface area contributed by atoms with Gasteiger partial charge >= 0.3 is 5.97 Å². The molecule has 0 aromatic carbocycles. The van der Waals surface area contributed by atoms with Crippen LogP contribution in [0.4, 0.5) is 0 Å². The Morgan fingerprint density at radius 3 is 2.38 bits per heavy atom. The van der Waals surface area contributed by atoms with E-state index in [-0.39, 0.29) is 25.6 Å². The molecule has 1 aromatic rings. The lowest BCUT2D eigenvalue weighted by Gasteiger charge is -2.45. The molecule has 0 spiro atoms. The molecule has 3 heterocycles. The summed E-state index contributed by atoms with van der Waals surface area (Å²) in [6.07, 6.45) is -5.85. The number of rotatable bonds is 12. The van der Waals surface area contributed by atoms with Crippen molar-refractivity contribution >= 4 is 23.0 Å². The summed E-state index contributed by atoms with van der Waals surface area (Å²) in [4.78, 5) is 20.4. The van der Waals surface area contributed by atoms with Crippen LogP contribution in [0.25, 0.3) is 0 Å². The molecule has 50 heavy (non-hydrogen) atoms. The van der Waals surface area contributed by atoms with Gasteiger partial charge in [0.05, 0.1) is 41.6 Å². The van der Waals surface area contributed by atoms with Crippen LogP contribution in [0.5, 0.6) is 0 Å². The number of oxime groups is 1. The van der Waals surface area contributed by atoms with Crippen molar-refractivity contribution in [2.24, 2.45) is 28.8 Å². The van der Waals surface area contributed by atoms with E-state index in [1.807, 2.05) is 25.3 Å². The highest BCUT2D eigenvalue weighted by atomic mass is 32.1.